The Kier molecular flexibility index (Phi) is 4.16. The fourth-order valence-corrected chi connectivity index (χ4v) is 3.61. The maximum atomic E-state index is 4.48. The molecule has 1 atom stereocenters. The van der Waals surface area contributed by atoms with Gasteiger partial charge >= 0.3 is 0 Å². The van der Waals surface area contributed by atoms with Gasteiger partial charge in [0.05, 0.1) is 12.2 Å². The topological polar surface area (TPSA) is 51.8 Å². The molecule has 2 aromatic rings. The summed E-state index contributed by atoms with van der Waals surface area (Å²) in [7, 11) is 0. The van der Waals surface area contributed by atoms with Crippen LogP contribution in [0.1, 0.15) is 56.5 Å². The van der Waals surface area contributed by atoms with E-state index in [2.05, 4.69) is 37.9 Å². The van der Waals surface area contributed by atoms with Crippen molar-refractivity contribution in [3.8, 4) is 0 Å². The second-order valence-corrected chi connectivity index (χ2v) is 6.97. The summed E-state index contributed by atoms with van der Waals surface area (Å²) >= 11 is 0. The lowest BCUT2D eigenvalue weighted by molar-refractivity contribution is 0.130. The molecule has 0 radical (unpaired) electrons. The zero-order chi connectivity index (χ0) is 15.6. The van der Waals surface area contributed by atoms with Crippen LogP contribution in [0.3, 0.4) is 0 Å². The average molecular weight is 314 g/mol. The van der Waals surface area contributed by atoms with Gasteiger partial charge in [-0.15, -0.1) is 10.2 Å². The summed E-state index contributed by atoms with van der Waals surface area (Å²) < 4.78 is 4.31. The van der Waals surface area contributed by atoms with Crippen LogP contribution >= 0.6 is 0 Å². The van der Waals surface area contributed by atoms with Gasteiger partial charge in [0.25, 0.3) is 0 Å². The van der Waals surface area contributed by atoms with E-state index in [0.29, 0.717) is 6.04 Å². The standard InChI is InChI=1S/C17H26N6/c1-2-23-12-15(9-19-23)11-21-8-4-3-5-16(21)17-20-18-13-22(17)10-14-6-7-14/h9,12-14,16H,2-8,10-11H2,1H3/t16-/m1/s1. The first-order chi connectivity index (χ1) is 11.3. The summed E-state index contributed by atoms with van der Waals surface area (Å²) in [5, 5.41) is 13.1. The summed E-state index contributed by atoms with van der Waals surface area (Å²) in [6.45, 7) is 6.25. The van der Waals surface area contributed by atoms with Crippen molar-refractivity contribution < 1.29 is 0 Å². The second-order valence-electron chi connectivity index (χ2n) is 6.97. The van der Waals surface area contributed by atoms with Crippen molar-refractivity contribution in [2.24, 2.45) is 5.92 Å². The molecule has 4 rings (SSSR count). The molecule has 2 fully saturated rings. The number of hydrogen-bond donors (Lipinski definition) is 0. The maximum Gasteiger partial charge on any atom is 0.150 e. The average Bonchev–Trinajstić information content (AvgIpc) is 3.08. The minimum atomic E-state index is 0.398. The molecule has 2 aromatic heterocycles. The highest BCUT2D eigenvalue weighted by molar-refractivity contribution is 5.06. The Hall–Kier alpha value is -1.69. The molecule has 0 N–H and O–H groups in total. The molecule has 0 bridgehead atoms. The highest BCUT2D eigenvalue weighted by Gasteiger charge is 2.30. The van der Waals surface area contributed by atoms with Crippen molar-refractivity contribution >= 4 is 0 Å². The summed E-state index contributed by atoms with van der Waals surface area (Å²) in [5.74, 6) is 2.02. The van der Waals surface area contributed by atoms with Crippen molar-refractivity contribution in [3.63, 3.8) is 0 Å². The molecule has 1 aliphatic heterocycles. The lowest BCUT2D eigenvalue weighted by atomic mass is 10.0. The van der Waals surface area contributed by atoms with Gasteiger partial charge in [-0.2, -0.15) is 5.10 Å². The molecule has 6 heteroatoms. The van der Waals surface area contributed by atoms with Crippen LogP contribution in [0.2, 0.25) is 0 Å². The fraction of sp³-hybridized carbons (Fsp3) is 0.706. The Bertz CT molecular complexity index is 641. The van der Waals surface area contributed by atoms with Crippen LogP contribution in [-0.2, 0) is 19.6 Å². The first-order valence-corrected chi connectivity index (χ1v) is 8.96. The van der Waals surface area contributed by atoms with Crippen molar-refractivity contribution in [2.75, 3.05) is 6.54 Å². The maximum absolute atomic E-state index is 4.48. The molecule has 23 heavy (non-hydrogen) atoms. The zero-order valence-electron chi connectivity index (χ0n) is 13.9. The van der Waals surface area contributed by atoms with E-state index in [4.69, 9.17) is 0 Å². The lowest BCUT2D eigenvalue weighted by Crippen LogP contribution is -2.34. The predicted molar refractivity (Wildman–Crippen MR) is 87.6 cm³/mol. The molecule has 2 aliphatic rings. The molecular formula is C17H26N6. The predicted octanol–water partition coefficient (Wildman–Crippen LogP) is 2.63. The number of aromatic nitrogens is 5. The van der Waals surface area contributed by atoms with Crippen LogP contribution in [0, 0.1) is 5.92 Å². The first-order valence-electron chi connectivity index (χ1n) is 8.96. The SMILES string of the molecule is CCn1cc(CN2CCCC[C@@H]2c2nncn2CC2CC2)cn1. The summed E-state index contributed by atoms with van der Waals surface area (Å²) in [6.07, 6.45) is 12.6. The number of rotatable bonds is 6. The second kappa shape index (κ2) is 6.43. The fourth-order valence-electron chi connectivity index (χ4n) is 3.61. The van der Waals surface area contributed by atoms with E-state index in [9.17, 15) is 0 Å². The molecule has 3 heterocycles. The number of nitrogens with zero attached hydrogens (tertiary/aromatic N) is 6. The minimum absolute atomic E-state index is 0.398. The van der Waals surface area contributed by atoms with Crippen molar-refractivity contribution in [2.45, 2.75) is 64.7 Å². The zero-order valence-corrected chi connectivity index (χ0v) is 13.9. The van der Waals surface area contributed by atoms with Crippen LogP contribution in [0.15, 0.2) is 18.7 Å². The number of likely N-dealkylation sites (tertiary alicyclic amines) is 1. The Morgan fingerprint density at radius 3 is 2.91 bits per heavy atom. The highest BCUT2D eigenvalue weighted by atomic mass is 15.3. The Balaban J connectivity index is 1.51. The molecule has 1 saturated heterocycles. The van der Waals surface area contributed by atoms with Crippen LogP contribution in [-0.4, -0.2) is 36.0 Å². The van der Waals surface area contributed by atoms with Gasteiger partial charge in [-0.1, -0.05) is 6.42 Å². The number of aryl methyl sites for hydroxylation is 1. The Labute approximate surface area is 137 Å². The quantitative estimate of drug-likeness (QED) is 0.822. The van der Waals surface area contributed by atoms with Crippen LogP contribution in [0.25, 0.3) is 0 Å². The number of hydrogen-bond acceptors (Lipinski definition) is 4. The van der Waals surface area contributed by atoms with E-state index in [0.717, 1.165) is 32.1 Å². The van der Waals surface area contributed by atoms with E-state index >= 15 is 0 Å². The van der Waals surface area contributed by atoms with E-state index in [1.54, 1.807) is 0 Å². The monoisotopic (exact) mass is 314 g/mol. The smallest absolute Gasteiger partial charge is 0.150 e. The van der Waals surface area contributed by atoms with Gasteiger partial charge in [0.15, 0.2) is 0 Å². The normalized spacial score (nSPS) is 22.6. The Morgan fingerprint density at radius 2 is 2.13 bits per heavy atom. The minimum Gasteiger partial charge on any atom is -0.316 e. The molecule has 0 unspecified atom stereocenters. The molecule has 0 amide bonds. The van der Waals surface area contributed by atoms with E-state index in [1.165, 1.54) is 43.5 Å². The van der Waals surface area contributed by atoms with Gasteiger partial charge in [0.2, 0.25) is 0 Å². The van der Waals surface area contributed by atoms with E-state index in [-0.39, 0.29) is 0 Å². The molecular weight excluding hydrogens is 288 g/mol. The Morgan fingerprint density at radius 1 is 1.22 bits per heavy atom. The van der Waals surface area contributed by atoms with Gasteiger partial charge in [0, 0.05) is 31.4 Å². The van der Waals surface area contributed by atoms with Crippen LogP contribution in [0.4, 0.5) is 0 Å². The largest absolute Gasteiger partial charge is 0.316 e. The van der Waals surface area contributed by atoms with Gasteiger partial charge in [-0.05, 0) is 45.1 Å². The third-order valence-corrected chi connectivity index (χ3v) is 5.11. The van der Waals surface area contributed by atoms with Crippen molar-refractivity contribution in [1.82, 2.24) is 29.4 Å². The molecule has 0 spiro atoms. The van der Waals surface area contributed by atoms with Gasteiger partial charge in [-0.3, -0.25) is 9.58 Å². The van der Waals surface area contributed by atoms with Gasteiger partial charge < -0.3 is 4.57 Å². The molecule has 6 nitrogen and oxygen atoms in total. The first kappa shape index (κ1) is 14.9. The molecule has 0 aromatic carbocycles. The highest BCUT2D eigenvalue weighted by Crippen LogP contribution is 2.34. The van der Waals surface area contributed by atoms with E-state index < -0.39 is 0 Å². The third-order valence-electron chi connectivity index (χ3n) is 5.11. The number of piperidine rings is 1. The van der Waals surface area contributed by atoms with Crippen molar-refractivity contribution in [1.29, 1.82) is 0 Å². The van der Waals surface area contributed by atoms with Gasteiger partial charge in [-0.25, -0.2) is 0 Å². The summed E-state index contributed by atoms with van der Waals surface area (Å²) in [4.78, 5) is 2.56. The third kappa shape index (κ3) is 3.32. The lowest BCUT2D eigenvalue weighted by Gasteiger charge is -2.34. The summed E-state index contributed by atoms with van der Waals surface area (Å²) in [6, 6.07) is 0.398. The van der Waals surface area contributed by atoms with Crippen LogP contribution < -0.4 is 0 Å². The van der Waals surface area contributed by atoms with Gasteiger partial charge in [0.1, 0.15) is 12.2 Å². The summed E-state index contributed by atoms with van der Waals surface area (Å²) in [5.41, 5.74) is 1.30. The van der Waals surface area contributed by atoms with Crippen LogP contribution in [0.5, 0.6) is 0 Å². The van der Waals surface area contributed by atoms with Crippen molar-refractivity contribution in [3.05, 3.63) is 30.1 Å². The van der Waals surface area contributed by atoms with E-state index in [1.807, 2.05) is 17.2 Å². The molecule has 124 valence electrons. The molecule has 1 saturated carbocycles. The molecule has 1 aliphatic carbocycles.